The summed E-state index contributed by atoms with van der Waals surface area (Å²) in [5, 5.41) is 5.05. The van der Waals surface area contributed by atoms with Gasteiger partial charge in [0.05, 0.1) is 26.7 Å². The number of ether oxygens (including phenoxy) is 2. The minimum Gasteiger partial charge on any atom is -0.497 e. The number of carbonyl (C=O) groups excluding carboxylic acids is 2. The molecule has 1 rings (SSSR count). The molecule has 0 radical (unpaired) electrons. The zero-order chi connectivity index (χ0) is 15.7. The van der Waals surface area contributed by atoms with Gasteiger partial charge in [-0.3, -0.25) is 9.59 Å². The van der Waals surface area contributed by atoms with E-state index in [9.17, 15) is 9.59 Å². The molecule has 0 saturated heterocycles. The molecular formula is C14H21N3O4. The Balaban J connectivity index is 2.31. The Kier molecular flexibility index (Phi) is 7.03. The molecule has 0 aliphatic heterocycles. The van der Waals surface area contributed by atoms with Gasteiger partial charge >= 0.3 is 0 Å². The average molecular weight is 295 g/mol. The van der Waals surface area contributed by atoms with Crippen LogP contribution < -0.4 is 25.8 Å². The molecule has 7 nitrogen and oxygen atoms in total. The molecule has 0 aromatic heterocycles. The molecule has 0 aliphatic carbocycles. The van der Waals surface area contributed by atoms with Crippen LogP contribution in [0.25, 0.3) is 0 Å². The van der Waals surface area contributed by atoms with Crippen molar-refractivity contribution in [1.82, 2.24) is 10.6 Å². The van der Waals surface area contributed by atoms with Gasteiger partial charge in [-0.25, -0.2) is 0 Å². The molecule has 0 saturated carbocycles. The predicted molar refractivity (Wildman–Crippen MR) is 78.2 cm³/mol. The van der Waals surface area contributed by atoms with Gasteiger partial charge in [-0.05, 0) is 19.1 Å². The first kappa shape index (κ1) is 16.8. The molecule has 4 N–H and O–H groups in total. The van der Waals surface area contributed by atoms with Gasteiger partial charge in [-0.1, -0.05) is 6.07 Å². The Morgan fingerprint density at radius 3 is 2.62 bits per heavy atom. The van der Waals surface area contributed by atoms with Crippen LogP contribution in [0.3, 0.4) is 0 Å². The lowest BCUT2D eigenvalue weighted by Crippen LogP contribution is -2.42. The van der Waals surface area contributed by atoms with Crippen LogP contribution in [0, 0.1) is 0 Å². The highest BCUT2D eigenvalue weighted by Gasteiger charge is 2.08. The Morgan fingerprint density at radius 2 is 1.95 bits per heavy atom. The van der Waals surface area contributed by atoms with E-state index in [1.54, 1.807) is 13.2 Å². The van der Waals surface area contributed by atoms with E-state index in [0.717, 1.165) is 0 Å². The maximum absolute atomic E-state index is 11.5. The van der Waals surface area contributed by atoms with Gasteiger partial charge in [0.2, 0.25) is 11.8 Å². The van der Waals surface area contributed by atoms with Gasteiger partial charge in [0.15, 0.2) is 0 Å². The smallest absolute Gasteiger partial charge is 0.239 e. The lowest BCUT2D eigenvalue weighted by Gasteiger charge is -2.16. The fourth-order valence-electron chi connectivity index (χ4n) is 1.52. The summed E-state index contributed by atoms with van der Waals surface area (Å²) in [5.41, 5.74) is 5.12. The number of carbonyl (C=O) groups is 2. The highest BCUT2D eigenvalue weighted by Crippen LogP contribution is 2.19. The lowest BCUT2D eigenvalue weighted by atomic mass is 10.3. The molecule has 1 aromatic rings. The van der Waals surface area contributed by atoms with Crippen molar-refractivity contribution in [2.75, 3.05) is 26.7 Å². The minimum atomic E-state index is -0.370. The van der Waals surface area contributed by atoms with Crippen LogP contribution in [-0.2, 0) is 9.59 Å². The maximum atomic E-state index is 11.5. The first-order valence-electron chi connectivity index (χ1n) is 6.59. The number of nitrogens with two attached hydrogens (primary N) is 1. The second kappa shape index (κ2) is 8.80. The van der Waals surface area contributed by atoms with Crippen molar-refractivity contribution in [2.24, 2.45) is 5.73 Å². The largest absolute Gasteiger partial charge is 0.497 e. The van der Waals surface area contributed by atoms with E-state index in [1.807, 2.05) is 25.1 Å². The average Bonchev–Trinajstić information content (AvgIpc) is 2.50. The summed E-state index contributed by atoms with van der Waals surface area (Å²) in [5.74, 6) is 0.699. The Labute approximate surface area is 123 Å². The molecule has 21 heavy (non-hydrogen) atoms. The third-order valence-corrected chi connectivity index (χ3v) is 2.60. The second-order valence-electron chi connectivity index (χ2n) is 4.39. The molecule has 1 atom stereocenters. The molecule has 116 valence electrons. The zero-order valence-corrected chi connectivity index (χ0v) is 12.2. The molecule has 0 aliphatic rings. The highest BCUT2D eigenvalue weighted by molar-refractivity contribution is 5.85. The number of hydrogen-bond acceptors (Lipinski definition) is 5. The number of amides is 2. The summed E-state index contributed by atoms with van der Waals surface area (Å²) in [6, 6.07) is 7.21. The quantitative estimate of drug-likeness (QED) is 0.608. The topological polar surface area (TPSA) is 103 Å². The van der Waals surface area contributed by atoms with E-state index in [1.165, 1.54) is 0 Å². The summed E-state index contributed by atoms with van der Waals surface area (Å²) >= 11 is 0. The van der Waals surface area contributed by atoms with Crippen molar-refractivity contribution in [1.29, 1.82) is 0 Å². The van der Waals surface area contributed by atoms with Gasteiger partial charge in [-0.2, -0.15) is 0 Å². The molecule has 1 unspecified atom stereocenters. The van der Waals surface area contributed by atoms with Crippen molar-refractivity contribution in [3.63, 3.8) is 0 Å². The summed E-state index contributed by atoms with van der Waals surface area (Å²) in [4.78, 5) is 22.4. The zero-order valence-electron chi connectivity index (χ0n) is 12.2. The second-order valence-corrected chi connectivity index (χ2v) is 4.39. The molecule has 0 spiro atoms. The van der Waals surface area contributed by atoms with Crippen LogP contribution in [0.5, 0.6) is 11.5 Å². The monoisotopic (exact) mass is 295 g/mol. The standard InChI is InChI=1S/C14H21N3O4/c1-10(8-16-14(19)9-17-13(18)7-15)21-12-5-3-4-11(6-12)20-2/h3-6,10H,7-9,15H2,1-2H3,(H,16,19)(H,17,18). The Bertz CT molecular complexity index is 479. The molecule has 2 amide bonds. The summed E-state index contributed by atoms with van der Waals surface area (Å²) in [6.07, 6.45) is -0.216. The predicted octanol–water partition coefficient (Wildman–Crippen LogP) is -0.346. The Morgan fingerprint density at radius 1 is 1.24 bits per heavy atom. The van der Waals surface area contributed by atoms with E-state index < -0.39 is 0 Å². The van der Waals surface area contributed by atoms with Crippen molar-refractivity contribution < 1.29 is 19.1 Å². The lowest BCUT2D eigenvalue weighted by molar-refractivity contribution is -0.125. The fraction of sp³-hybridized carbons (Fsp3) is 0.429. The van der Waals surface area contributed by atoms with Crippen LogP contribution in [0.2, 0.25) is 0 Å². The normalized spacial score (nSPS) is 11.4. The van der Waals surface area contributed by atoms with E-state index in [4.69, 9.17) is 15.2 Å². The van der Waals surface area contributed by atoms with Crippen molar-refractivity contribution in [3.8, 4) is 11.5 Å². The van der Waals surface area contributed by atoms with Gasteiger partial charge < -0.3 is 25.8 Å². The SMILES string of the molecule is COc1cccc(OC(C)CNC(=O)CNC(=O)CN)c1. The van der Waals surface area contributed by atoms with Gasteiger partial charge in [0, 0.05) is 6.07 Å². The van der Waals surface area contributed by atoms with Crippen LogP contribution in [0.15, 0.2) is 24.3 Å². The van der Waals surface area contributed by atoms with Crippen molar-refractivity contribution >= 4 is 11.8 Å². The van der Waals surface area contributed by atoms with Gasteiger partial charge in [-0.15, -0.1) is 0 Å². The van der Waals surface area contributed by atoms with E-state index >= 15 is 0 Å². The Hall–Kier alpha value is -2.28. The molecule has 1 aromatic carbocycles. The summed E-state index contributed by atoms with van der Waals surface area (Å²) in [6.45, 7) is 1.93. The number of nitrogens with one attached hydrogen (secondary N) is 2. The third-order valence-electron chi connectivity index (χ3n) is 2.60. The van der Waals surface area contributed by atoms with Crippen LogP contribution in [0.4, 0.5) is 0 Å². The number of hydrogen-bond donors (Lipinski definition) is 3. The minimum absolute atomic E-state index is 0.0953. The van der Waals surface area contributed by atoms with Crippen molar-refractivity contribution in [3.05, 3.63) is 24.3 Å². The molecule has 7 heteroatoms. The molecular weight excluding hydrogens is 274 g/mol. The van der Waals surface area contributed by atoms with E-state index in [0.29, 0.717) is 18.0 Å². The van der Waals surface area contributed by atoms with Gasteiger partial charge in [0.1, 0.15) is 17.6 Å². The molecule has 0 fully saturated rings. The first-order chi connectivity index (χ1) is 10.0. The maximum Gasteiger partial charge on any atom is 0.239 e. The molecule has 0 heterocycles. The number of rotatable bonds is 8. The van der Waals surface area contributed by atoms with Crippen LogP contribution >= 0.6 is 0 Å². The number of benzene rings is 1. The first-order valence-corrected chi connectivity index (χ1v) is 6.59. The van der Waals surface area contributed by atoms with Crippen LogP contribution in [-0.4, -0.2) is 44.7 Å². The van der Waals surface area contributed by atoms with E-state index in [2.05, 4.69) is 10.6 Å². The van der Waals surface area contributed by atoms with Crippen LogP contribution in [0.1, 0.15) is 6.92 Å². The molecule has 0 bridgehead atoms. The van der Waals surface area contributed by atoms with Crippen molar-refractivity contribution in [2.45, 2.75) is 13.0 Å². The summed E-state index contributed by atoms with van der Waals surface area (Å²) in [7, 11) is 1.58. The van der Waals surface area contributed by atoms with Gasteiger partial charge in [0.25, 0.3) is 0 Å². The summed E-state index contributed by atoms with van der Waals surface area (Å²) < 4.78 is 10.8. The fourth-order valence-corrected chi connectivity index (χ4v) is 1.52. The van der Waals surface area contributed by atoms with E-state index in [-0.39, 0.29) is 31.0 Å². The highest BCUT2D eigenvalue weighted by atomic mass is 16.5. The number of methoxy groups -OCH3 is 1. The third kappa shape index (κ3) is 6.62.